The first-order chi connectivity index (χ1) is 8.93. The van der Waals surface area contributed by atoms with Crippen LogP contribution in [0.3, 0.4) is 0 Å². The van der Waals surface area contributed by atoms with Gasteiger partial charge in [0.1, 0.15) is 11.9 Å². The molecule has 19 heavy (non-hydrogen) atoms. The van der Waals surface area contributed by atoms with Crippen molar-refractivity contribution in [3.8, 4) is 0 Å². The summed E-state index contributed by atoms with van der Waals surface area (Å²) in [6.07, 6.45) is 0.546. The number of H-pyrrole nitrogens is 1. The van der Waals surface area contributed by atoms with E-state index < -0.39 is 0 Å². The molecule has 5 nitrogen and oxygen atoms in total. The fourth-order valence-electron chi connectivity index (χ4n) is 2.42. The summed E-state index contributed by atoms with van der Waals surface area (Å²) in [7, 11) is 0. The molecule has 1 aromatic heterocycles. The molecule has 0 aromatic carbocycles. The van der Waals surface area contributed by atoms with Crippen molar-refractivity contribution in [3.63, 3.8) is 0 Å². The lowest BCUT2D eigenvalue weighted by Crippen LogP contribution is -2.34. The maximum atomic E-state index is 12.1. The third-order valence-electron chi connectivity index (χ3n) is 3.33. The van der Waals surface area contributed by atoms with E-state index in [-0.39, 0.29) is 17.1 Å². The highest BCUT2D eigenvalue weighted by molar-refractivity contribution is 5.21. The summed E-state index contributed by atoms with van der Waals surface area (Å²) < 4.78 is 5.79. The summed E-state index contributed by atoms with van der Waals surface area (Å²) in [5.41, 5.74) is 1.54. The number of nitrogens with zero attached hydrogens (tertiary/aromatic N) is 1. The van der Waals surface area contributed by atoms with Gasteiger partial charge in [0.15, 0.2) is 0 Å². The van der Waals surface area contributed by atoms with Crippen LogP contribution in [0.25, 0.3) is 0 Å². The average molecular weight is 265 g/mol. The number of aromatic amines is 1. The Balaban J connectivity index is 2.44. The van der Waals surface area contributed by atoms with Crippen LogP contribution in [0.5, 0.6) is 0 Å². The topological polar surface area (TPSA) is 67.0 Å². The van der Waals surface area contributed by atoms with Crippen LogP contribution in [0.4, 0.5) is 0 Å². The van der Waals surface area contributed by atoms with Gasteiger partial charge in [-0.15, -0.1) is 0 Å². The lowest BCUT2D eigenvalue weighted by molar-refractivity contribution is -0.0194. The summed E-state index contributed by atoms with van der Waals surface area (Å²) in [4.78, 5) is 19.7. The Morgan fingerprint density at radius 3 is 2.79 bits per heavy atom. The third kappa shape index (κ3) is 3.04. The predicted octanol–water partition coefficient (Wildman–Crippen LogP) is 1.54. The van der Waals surface area contributed by atoms with Crippen molar-refractivity contribution < 1.29 is 4.74 Å². The first-order valence-corrected chi connectivity index (χ1v) is 6.87. The Morgan fingerprint density at radius 2 is 2.16 bits per heavy atom. The average Bonchev–Trinajstić information content (AvgIpc) is 2.34. The second kappa shape index (κ2) is 5.43. The van der Waals surface area contributed by atoms with Crippen LogP contribution in [0.1, 0.15) is 50.9 Å². The minimum atomic E-state index is -0.197. The molecule has 0 fully saturated rings. The van der Waals surface area contributed by atoms with Crippen LogP contribution in [-0.2, 0) is 17.7 Å². The highest BCUT2D eigenvalue weighted by atomic mass is 16.5. The SMILES string of the molecule is CCOC(c1nc2c(c(=O)[nH]1)CCNC2)C(C)(C)C. The zero-order valence-electron chi connectivity index (χ0n) is 12.2. The Kier molecular flexibility index (Phi) is 4.06. The summed E-state index contributed by atoms with van der Waals surface area (Å²) in [5, 5.41) is 3.25. The number of rotatable bonds is 3. The highest BCUT2D eigenvalue weighted by Crippen LogP contribution is 2.34. The second-order valence-electron chi connectivity index (χ2n) is 6.00. The predicted molar refractivity (Wildman–Crippen MR) is 74.1 cm³/mol. The van der Waals surface area contributed by atoms with Gasteiger partial charge in [-0.3, -0.25) is 4.79 Å². The molecule has 1 aromatic rings. The first kappa shape index (κ1) is 14.2. The normalized spacial score (nSPS) is 17.1. The van der Waals surface area contributed by atoms with Crippen LogP contribution in [0.15, 0.2) is 4.79 Å². The lowest BCUT2D eigenvalue weighted by atomic mass is 9.88. The van der Waals surface area contributed by atoms with Crippen LogP contribution in [-0.4, -0.2) is 23.1 Å². The molecule has 1 aliphatic heterocycles. The molecule has 5 heteroatoms. The molecule has 0 spiro atoms. The summed E-state index contributed by atoms with van der Waals surface area (Å²) in [6.45, 7) is 10.3. The summed E-state index contributed by atoms with van der Waals surface area (Å²) in [6, 6.07) is 0. The minimum Gasteiger partial charge on any atom is -0.370 e. The number of nitrogens with one attached hydrogen (secondary N) is 2. The van der Waals surface area contributed by atoms with Gasteiger partial charge in [0.05, 0.1) is 5.69 Å². The molecule has 1 aliphatic rings. The summed E-state index contributed by atoms with van der Waals surface area (Å²) in [5.74, 6) is 0.641. The van der Waals surface area contributed by atoms with Gasteiger partial charge in [0.2, 0.25) is 0 Å². The van der Waals surface area contributed by atoms with Crippen molar-refractivity contribution in [2.24, 2.45) is 5.41 Å². The minimum absolute atomic E-state index is 0.0181. The maximum Gasteiger partial charge on any atom is 0.254 e. The van der Waals surface area contributed by atoms with Crippen LogP contribution in [0, 0.1) is 5.41 Å². The van der Waals surface area contributed by atoms with E-state index in [1.165, 1.54) is 0 Å². The number of hydrogen-bond acceptors (Lipinski definition) is 4. The van der Waals surface area contributed by atoms with E-state index in [1.54, 1.807) is 0 Å². The molecule has 0 amide bonds. The van der Waals surface area contributed by atoms with E-state index in [0.29, 0.717) is 19.0 Å². The number of ether oxygens (including phenoxy) is 1. The van der Waals surface area contributed by atoms with E-state index >= 15 is 0 Å². The Hall–Kier alpha value is -1.20. The van der Waals surface area contributed by atoms with Crippen LogP contribution < -0.4 is 10.9 Å². The standard InChI is InChI=1S/C14H23N3O2/c1-5-19-11(14(2,3)4)12-16-10-8-15-7-6-9(10)13(18)17-12/h11,15H,5-8H2,1-4H3,(H,16,17,18). The van der Waals surface area contributed by atoms with Crippen molar-refractivity contribution in [2.45, 2.75) is 46.8 Å². The highest BCUT2D eigenvalue weighted by Gasteiger charge is 2.30. The van der Waals surface area contributed by atoms with E-state index in [9.17, 15) is 4.79 Å². The molecule has 106 valence electrons. The molecule has 2 rings (SSSR count). The van der Waals surface area contributed by atoms with Gasteiger partial charge < -0.3 is 15.0 Å². The molecule has 0 aliphatic carbocycles. The Bertz CT molecular complexity index is 502. The zero-order chi connectivity index (χ0) is 14.0. The molecular formula is C14H23N3O2. The molecule has 0 bridgehead atoms. The molecule has 1 atom stereocenters. The molecule has 0 radical (unpaired) electrons. The van der Waals surface area contributed by atoms with Gasteiger partial charge in [-0.05, 0) is 25.3 Å². The quantitative estimate of drug-likeness (QED) is 0.870. The monoisotopic (exact) mass is 265 g/mol. The van der Waals surface area contributed by atoms with Gasteiger partial charge in [-0.25, -0.2) is 4.98 Å². The van der Waals surface area contributed by atoms with Crippen molar-refractivity contribution in [1.29, 1.82) is 0 Å². The fraction of sp³-hybridized carbons (Fsp3) is 0.714. The first-order valence-electron chi connectivity index (χ1n) is 6.87. The van der Waals surface area contributed by atoms with E-state index in [0.717, 1.165) is 24.2 Å². The molecule has 2 heterocycles. The van der Waals surface area contributed by atoms with E-state index in [2.05, 4.69) is 36.1 Å². The number of hydrogen-bond donors (Lipinski definition) is 2. The summed E-state index contributed by atoms with van der Waals surface area (Å²) >= 11 is 0. The van der Waals surface area contributed by atoms with Crippen molar-refractivity contribution in [2.75, 3.05) is 13.2 Å². The van der Waals surface area contributed by atoms with Gasteiger partial charge in [-0.1, -0.05) is 20.8 Å². The van der Waals surface area contributed by atoms with Gasteiger partial charge in [0, 0.05) is 18.7 Å². The van der Waals surface area contributed by atoms with Crippen LogP contribution >= 0.6 is 0 Å². The van der Waals surface area contributed by atoms with Gasteiger partial charge in [-0.2, -0.15) is 0 Å². The van der Waals surface area contributed by atoms with E-state index in [1.807, 2.05) is 6.92 Å². The Labute approximate surface area is 113 Å². The van der Waals surface area contributed by atoms with Gasteiger partial charge in [0.25, 0.3) is 5.56 Å². The van der Waals surface area contributed by atoms with Crippen molar-refractivity contribution >= 4 is 0 Å². The van der Waals surface area contributed by atoms with Gasteiger partial charge >= 0.3 is 0 Å². The van der Waals surface area contributed by atoms with Crippen molar-refractivity contribution in [3.05, 3.63) is 27.4 Å². The maximum absolute atomic E-state index is 12.1. The van der Waals surface area contributed by atoms with Crippen molar-refractivity contribution in [1.82, 2.24) is 15.3 Å². The second-order valence-corrected chi connectivity index (χ2v) is 6.00. The molecule has 0 saturated heterocycles. The van der Waals surface area contributed by atoms with E-state index in [4.69, 9.17) is 4.74 Å². The largest absolute Gasteiger partial charge is 0.370 e. The number of aromatic nitrogens is 2. The smallest absolute Gasteiger partial charge is 0.254 e. The molecule has 1 unspecified atom stereocenters. The lowest BCUT2D eigenvalue weighted by Gasteiger charge is -2.30. The van der Waals surface area contributed by atoms with Crippen LogP contribution in [0.2, 0.25) is 0 Å². The molecule has 0 saturated carbocycles. The molecular weight excluding hydrogens is 242 g/mol. The molecule has 2 N–H and O–H groups in total. The Morgan fingerprint density at radius 1 is 1.42 bits per heavy atom. The zero-order valence-corrected chi connectivity index (χ0v) is 12.2. The fourth-order valence-corrected chi connectivity index (χ4v) is 2.42. The third-order valence-corrected chi connectivity index (χ3v) is 3.33. The number of fused-ring (bicyclic) bond motifs is 1.